The lowest BCUT2D eigenvalue weighted by Crippen LogP contribution is -2.38. The third-order valence-corrected chi connectivity index (χ3v) is 5.40. The number of carbonyl (C=O) groups excluding carboxylic acids is 2. The molecule has 1 aromatic carbocycles. The number of ether oxygens (including phenoxy) is 1. The summed E-state index contributed by atoms with van der Waals surface area (Å²) in [7, 11) is 1.31. The first-order valence-corrected chi connectivity index (χ1v) is 9.95. The van der Waals surface area contributed by atoms with Crippen molar-refractivity contribution in [1.82, 2.24) is 10.2 Å². The summed E-state index contributed by atoms with van der Waals surface area (Å²) in [6, 6.07) is 5.51. The summed E-state index contributed by atoms with van der Waals surface area (Å²) in [6.07, 6.45) is 0.668. The molecule has 1 atom stereocenters. The number of hydrogen-bond acceptors (Lipinski definition) is 6. The van der Waals surface area contributed by atoms with Crippen LogP contribution >= 0.6 is 11.8 Å². The summed E-state index contributed by atoms with van der Waals surface area (Å²) in [4.78, 5) is 31.3. The van der Waals surface area contributed by atoms with Crippen LogP contribution < -0.4 is 5.32 Å². The van der Waals surface area contributed by atoms with Crippen molar-refractivity contribution >= 4 is 28.8 Å². The zero-order valence-corrected chi connectivity index (χ0v) is 16.8. The lowest BCUT2D eigenvalue weighted by Gasteiger charge is -2.36. The van der Waals surface area contributed by atoms with E-state index >= 15 is 0 Å². The highest BCUT2D eigenvalue weighted by Crippen LogP contribution is 2.45. The second kappa shape index (κ2) is 8.60. The summed E-state index contributed by atoms with van der Waals surface area (Å²) < 4.78 is 19.0. The van der Waals surface area contributed by atoms with Crippen molar-refractivity contribution in [3.8, 4) is 0 Å². The average Bonchev–Trinajstić information content (AvgIpc) is 3.08. The van der Waals surface area contributed by atoms with Gasteiger partial charge in [-0.25, -0.2) is 14.2 Å². The average molecular weight is 403 g/mol. The summed E-state index contributed by atoms with van der Waals surface area (Å²) >= 11 is 1.39. The van der Waals surface area contributed by atoms with Crippen LogP contribution in [0.25, 0.3) is 0 Å². The van der Waals surface area contributed by atoms with Crippen molar-refractivity contribution < 1.29 is 18.7 Å². The molecule has 0 aliphatic carbocycles. The minimum absolute atomic E-state index is 0.126. The molecule has 2 aliphatic heterocycles. The summed E-state index contributed by atoms with van der Waals surface area (Å²) in [5, 5.41) is 5.30. The van der Waals surface area contributed by atoms with E-state index in [4.69, 9.17) is 4.74 Å². The van der Waals surface area contributed by atoms with Crippen LogP contribution in [0.5, 0.6) is 0 Å². The number of fused-ring (bicyclic) bond motifs is 1. The molecule has 1 unspecified atom stereocenters. The van der Waals surface area contributed by atoms with Gasteiger partial charge in [-0.2, -0.15) is 0 Å². The third-order valence-electron chi connectivity index (χ3n) is 4.51. The number of carbonyl (C=O) groups is 2. The Morgan fingerprint density at radius 1 is 1.36 bits per heavy atom. The van der Waals surface area contributed by atoms with Gasteiger partial charge >= 0.3 is 5.97 Å². The Bertz CT molecular complexity index is 894. The predicted octanol–water partition coefficient (Wildman–Crippen LogP) is 3.49. The number of halogens is 1. The molecule has 0 fully saturated rings. The van der Waals surface area contributed by atoms with Gasteiger partial charge in [-0.3, -0.25) is 4.79 Å². The van der Waals surface area contributed by atoms with Crippen molar-refractivity contribution in [2.75, 3.05) is 13.7 Å². The number of amides is 1. The van der Waals surface area contributed by atoms with E-state index < -0.39 is 17.8 Å². The lowest BCUT2D eigenvalue weighted by atomic mass is 9.93. The van der Waals surface area contributed by atoms with E-state index in [2.05, 4.69) is 10.3 Å². The van der Waals surface area contributed by atoms with Crippen molar-refractivity contribution in [1.29, 1.82) is 0 Å². The maximum Gasteiger partial charge on any atom is 0.338 e. The molecule has 0 saturated carbocycles. The highest BCUT2D eigenvalue weighted by Gasteiger charge is 2.41. The highest BCUT2D eigenvalue weighted by atomic mass is 32.2. The van der Waals surface area contributed by atoms with Crippen LogP contribution in [0.2, 0.25) is 0 Å². The van der Waals surface area contributed by atoms with Gasteiger partial charge in [-0.15, -0.1) is 0 Å². The van der Waals surface area contributed by atoms with Crippen molar-refractivity contribution in [2.24, 2.45) is 4.99 Å². The van der Waals surface area contributed by atoms with E-state index in [1.54, 1.807) is 12.1 Å². The molecule has 28 heavy (non-hydrogen) atoms. The van der Waals surface area contributed by atoms with Crippen molar-refractivity contribution in [3.63, 3.8) is 0 Å². The van der Waals surface area contributed by atoms with Crippen LogP contribution in [0.4, 0.5) is 4.39 Å². The Morgan fingerprint density at radius 3 is 2.79 bits per heavy atom. The standard InChI is InChI=1S/C20H22FN3O3S/c1-4-15-17(19(26)27-3)18(12-7-6-8-13(21)9-12)24-14(10-16(25)22-5-2)11-28-20(24)23-15/h6-9,11,18H,4-5,10H2,1-3H3,(H,22,25). The minimum atomic E-state index is -0.610. The Kier molecular flexibility index (Phi) is 6.18. The number of nitrogens with zero attached hydrogens (tertiary/aromatic N) is 2. The number of hydrogen-bond donors (Lipinski definition) is 1. The van der Waals surface area contributed by atoms with Gasteiger partial charge in [0.05, 0.1) is 30.8 Å². The molecule has 8 heteroatoms. The summed E-state index contributed by atoms with van der Waals surface area (Å²) in [6.45, 7) is 4.29. The number of methoxy groups -OCH3 is 1. The number of allylic oxidation sites excluding steroid dienone is 1. The number of nitrogens with one attached hydrogen (secondary N) is 1. The van der Waals surface area contributed by atoms with Crippen LogP contribution in [0.3, 0.4) is 0 Å². The quantitative estimate of drug-likeness (QED) is 0.737. The molecule has 148 valence electrons. The first-order valence-electron chi connectivity index (χ1n) is 9.07. The zero-order chi connectivity index (χ0) is 20.3. The van der Waals surface area contributed by atoms with E-state index in [0.717, 1.165) is 0 Å². The van der Waals surface area contributed by atoms with Crippen LogP contribution in [0, 0.1) is 5.82 Å². The topological polar surface area (TPSA) is 71.0 Å². The van der Waals surface area contributed by atoms with Crippen LogP contribution in [-0.2, 0) is 14.3 Å². The highest BCUT2D eigenvalue weighted by molar-refractivity contribution is 8.16. The molecular formula is C20H22FN3O3S. The smallest absolute Gasteiger partial charge is 0.338 e. The first-order chi connectivity index (χ1) is 13.5. The Balaban J connectivity index is 2.11. The SMILES string of the molecule is CCNC(=O)CC1=CSC2=NC(CC)=C(C(=O)OC)C(c3cccc(F)c3)N12. The molecule has 6 nitrogen and oxygen atoms in total. The van der Waals surface area contributed by atoms with Gasteiger partial charge in [-0.1, -0.05) is 30.8 Å². The Labute approximate surface area is 167 Å². The van der Waals surface area contributed by atoms with E-state index in [1.807, 2.05) is 24.2 Å². The minimum Gasteiger partial charge on any atom is -0.466 e. The van der Waals surface area contributed by atoms with E-state index in [-0.39, 0.29) is 12.3 Å². The van der Waals surface area contributed by atoms with Crippen LogP contribution in [0.15, 0.2) is 51.6 Å². The molecule has 1 N–H and O–H groups in total. The number of thioether (sulfide) groups is 1. The third kappa shape index (κ3) is 3.82. The zero-order valence-electron chi connectivity index (χ0n) is 16.0. The fourth-order valence-corrected chi connectivity index (χ4v) is 4.27. The second-order valence-electron chi connectivity index (χ2n) is 6.28. The van der Waals surface area contributed by atoms with Crippen molar-refractivity contribution in [3.05, 3.63) is 58.0 Å². The second-order valence-corrected chi connectivity index (χ2v) is 7.12. The van der Waals surface area contributed by atoms with Crippen LogP contribution in [0.1, 0.15) is 38.3 Å². The number of esters is 1. The molecule has 1 amide bonds. The molecule has 0 bridgehead atoms. The van der Waals surface area contributed by atoms with Gasteiger partial charge in [0.15, 0.2) is 5.17 Å². The molecule has 0 radical (unpaired) electrons. The van der Waals surface area contributed by atoms with Gasteiger partial charge in [0.1, 0.15) is 5.82 Å². The van der Waals surface area contributed by atoms with Gasteiger partial charge in [-0.05, 0) is 36.4 Å². The number of benzene rings is 1. The fraction of sp³-hybridized carbons (Fsp3) is 0.350. The van der Waals surface area contributed by atoms with E-state index in [9.17, 15) is 14.0 Å². The summed E-state index contributed by atoms with van der Waals surface area (Å²) in [5.74, 6) is -1.04. The molecule has 2 aliphatic rings. The van der Waals surface area contributed by atoms with Crippen LogP contribution in [-0.4, -0.2) is 35.6 Å². The van der Waals surface area contributed by atoms with Crippen molar-refractivity contribution in [2.45, 2.75) is 32.7 Å². The first kappa shape index (κ1) is 20.1. The van der Waals surface area contributed by atoms with E-state index in [1.165, 1.54) is 31.0 Å². The fourth-order valence-electron chi connectivity index (χ4n) is 3.33. The molecule has 3 rings (SSSR count). The number of aliphatic imine (C=N–C) groups is 1. The predicted molar refractivity (Wildman–Crippen MR) is 107 cm³/mol. The molecular weight excluding hydrogens is 381 g/mol. The largest absolute Gasteiger partial charge is 0.466 e. The monoisotopic (exact) mass is 403 g/mol. The van der Waals surface area contributed by atoms with E-state index in [0.29, 0.717) is 40.7 Å². The molecule has 1 aromatic rings. The molecule has 0 spiro atoms. The lowest BCUT2D eigenvalue weighted by molar-refractivity contribution is -0.136. The van der Waals surface area contributed by atoms with Gasteiger partial charge in [0.2, 0.25) is 5.91 Å². The van der Waals surface area contributed by atoms with Gasteiger partial charge in [0.25, 0.3) is 0 Å². The normalized spacial score (nSPS) is 18.4. The summed E-state index contributed by atoms with van der Waals surface area (Å²) in [5.41, 5.74) is 2.28. The molecule has 0 saturated heterocycles. The Morgan fingerprint density at radius 2 is 2.14 bits per heavy atom. The maximum absolute atomic E-state index is 14.0. The van der Waals surface area contributed by atoms with Gasteiger partial charge < -0.3 is 15.0 Å². The van der Waals surface area contributed by atoms with Gasteiger partial charge in [0, 0.05) is 12.2 Å². The Hall–Kier alpha value is -2.61. The molecule has 2 heterocycles. The molecule has 0 aromatic heterocycles. The maximum atomic E-state index is 14.0. The number of amidine groups is 1. The number of rotatable bonds is 6.